The number of H-pyrrole nitrogens is 1. The summed E-state index contributed by atoms with van der Waals surface area (Å²) in [7, 11) is 0. The number of nitrogens with zero attached hydrogens (tertiary/aromatic N) is 1. The normalized spacial score (nSPS) is 24.0. The van der Waals surface area contributed by atoms with Gasteiger partial charge in [-0.2, -0.15) is 5.10 Å². The van der Waals surface area contributed by atoms with Crippen molar-refractivity contribution in [3.8, 4) is 0 Å². The van der Waals surface area contributed by atoms with E-state index in [1.807, 2.05) is 0 Å². The van der Waals surface area contributed by atoms with Crippen LogP contribution in [0, 0.1) is 5.41 Å². The van der Waals surface area contributed by atoms with E-state index < -0.39 is 0 Å². The Morgan fingerprint density at radius 1 is 1.50 bits per heavy atom. The highest BCUT2D eigenvalue weighted by Crippen LogP contribution is 2.36. The molecular weight excluding hydrogens is 202 g/mol. The molecule has 2 N–H and O–H groups in total. The van der Waals surface area contributed by atoms with Gasteiger partial charge >= 0.3 is 0 Å². The fourth-order valence-corrected chi connectivity index (χ4v) is 2.42. The van der Waals surface area contributed by atoms with Gasteiger partial charge in [0.2, 0.25) is 0 Å². The zero-order valence-electron chi connectivity index (χ0n) is 9.92. The molecule has 1 atom stereocenters. The van der Waals surface area contributed by atoms with Crippen molar-refractivity contribution in [2.45, 2.75) is 45.6 Å². The molecule has 0 aliphatic heterocycles. The van der Waals surface area contributed by atoms with Crippen LogP contribution in [0.2, 0.25) is 0 Å². The fourth-order valence-electron chi connectivity index (χ4n) is 2.42. The Labute approximate surface area is 95.5 Å². The molecule has 0 radical (unpaired) electrons. The standard InChI is InChI=1S/C12H19N3O/c1-12(2)6-4-3-5-10(12)14-9-7-11(16)15-13-8-9/h7-8,10H,3-6H2,1-2H3,(H2,14,15,16). The summed E-state index contributed by atoms with van der Waals surface area (Å²) in [5.41, 5.74) is 0.961. The van der Waals surface area contributed by atoms with Crippen LogP contribution in [0.1, 0.15) is 39.5 Å². The quantitative estimate of drug-likeness (QED) is 0.804. The molecule has 1 unspecified atom stereocenters. The first-order chi connectivity index (χ1) is 7.58. The molecule has 1 heterocycles. The van der Waals surface area contributed by atoms with Gasteiger partial charge in [0.25, 0.3) is 5.56 Å². The van der Waals surface area contributed by atoms with Crippen LogP contribution in [-0.2, 0) is 0 Å². The summed E-state index contributed by atoms with van der Waals surface area (Å²) in [4.78, 5) is 11.1. The maximum atomic E-state index is 11.1. The van der Waals surface area contributed by atoms with Gasteiger partial charge in [0.1, 0.15) is 0 Å². The molecule has 0 spiro atoms. The van der Waals surface area contributed by atoms with Crippen molar-refractivity contribution in [2.24, 2.45) is 5.41 Å². The second-order valence-electron chi connectivity index (χ2n) is 5.27. The second kappa shape index (κ2) is 4.28. The highest BCUT2D eigenvalue weighted by atomic mass is 16.1. The molecule has 1 aromatic heterocycles. The van der Waals surface area contributed by atoms with Crippen LogP contribution in [0.15, 0.2) is 17.1 Å². The summed E-state index contributed by atoms with van der Waals surface area (Å²) in [6.07, 6.45) is 6.64. The maximum absolute atomic E-state index is 11.1. The molecule has 1 fully saturated rings. The third-order valence-electron chi connectivity index (χ3n) is 3.51. The Kier molecular flexibility index (Phi) is 2.99. The van der Waals surface area contributed by atoms with Crippen LogP contribution >= 0.6 is 0 Å². The van der Waals surface area contributed by atoms with Crippen LogP contribution in [0.25, 0.3) is 0 Å². The largest absolute Gasteiger partial charge is 0.380 e. The Morgan fingerprint density at radius 2 is 2.31 bits per heavy atom. The lowest BCUT2D eigenvalue weighted by Crippen LogP contribution is -2.39. The average Bonchev–Trinajstić information content (AvgIpc) is 2.21. The van der Waals surface area contributed by atoms with Crippen molar-refractivity contribution in [2.75, 3.05) is 5.32 Å². The minimum absolute atomic E-state index is 0.154. The van der Waals surface area contributed by atoms with Crippen molar-refractivity contribution in [1.29, 1.82) is 0 Å². The zero-order chi connectivity index (χ0) is 11.6. The van der Waals surface area contributed by atoms with Crippen LogP contribution < -0.4 is 10.9 Å². The average molecular weight is 221 g/mol. The van der Waals surface area contributed by atoms with E-state index >= 15 is 0 Å². The minimum Gasteiger partial charge on any atom is -0.380 e. The van der Waals surface area contributed by atoms with Gasteiger partial charge in [0.15, 0.2) is 0 Å². The van der Waals surface area contributed by atoms with Crippen LogP contribution in [0.5, 0.6) is 0 Å². The van der Waals surface area contributed by atoms with Gasteiger partial charge in [-0.1, -0.05) is 26.7 Å². The maximum Gasteiger partial charge on any atom is 0.266 e. The van der Waals surface area contributed by atoms with E-state index in [2.05, 4.69) is 29.4 Å². The van der Waals surface area contributed by atoms with Gasteiger partial charge in [-0.3, -0.25) is 4.79 Å². The summed E-state index contributed by atoms with van der Waals surface area (Å²) >= 11 is 0. The van der Waals surface area contributed by atoms with Gasteiger partial charge in [0, 0.05) is 12.1 Å². The Balaban J connectivity index is 2.11. The molecule has 1 aromatic rings. The Morgan fingerprint density at radius 3 is 3.00 bits per heavy atom. The molecule has 2 rings (SSSR count). The summed E-state index contributed by atoms with van der Waals surface area (Å²) in [6, 6.07) is 2.00. The molecule has 0 amide bonds. The predicted octanol–water partition coefficient (Wildman–Crippen LogP) is 2.15. The number of aromatic amines is 1. The van der Waals surface area contributed by atoms with E-state index in [1.54, 1.807) is 12.3 Å². The fraction of sp³-hybridized carbons (Fsp3) is 0.667. The van der Waals surface area contributed by atoms with E-state index in [-0.39, 0.29) is 5.56 Å². The molecule has 0 aromatic carbocycles. The lowest BCUT2D eigenvalue weighted by atomic mass is 9.73. The third-order valence-corrected chi connectivity index (χ3v) is 3.51. The molecular formula is C12H19N3O. The summed E-state index contributed by atoms with van der Waals surface area (Å²) in [6.45, 7) is 4.56. The summed E-state index contributed by atoms with van der Waals surface area (Å²) < 4.78 is 0. The first-order valence-electron chi connectivity index (χ1n) is 5.89. The van der Waals surface area contributed by atoms with E-state index in [9.17, 15) is 4.79 Å². The highest BCUT2D eigenvalue weighted by Gasteiger charge is 2.31. The number of nitrogens with one attached hydrogen (secondary N) is 2. The monoisotopic (exact) mass is 221 g/mol. The number of rotatable bonds is 2. The molecule has 88 valence electrons. The highest BCUT2D eigenvalue weighted by molar-refractivity contribution is 5.40. The predicted molar refractivity (Wildman–Crippen MR) is 64.5 cm³/mol. The zero-order valence-corrected chi connectivity index (χ0v) is 9.92. The Bertz CT molecular complexity index is 411. The lowest BCUT2D eigenvalue weighted by Gasteiger charge is -2.39. The van der Waals surface area contributed by atoms with Crippen molar-refractivity contribution in [1.82, 2.24) is 10.2 Å². The van der Waals surface area contributed by atoms with Crippen LogP contribution in [-0.4, -0.2) is 16.2 Å². The lowest BCUT2D eigenvalue weighted by molar-refractivity contribution is 0.217. The number of hydrogen-bond donors (Lipinski definition) is 2. The molecule has 4 heteroatoms. The molecule has 0 bridgehead atoms. The van der Waals surface area contributed by atoms with Gasteiger partial charge in [-0.05, 0) is 18.3 Å². The van der Waals surface area contributed by atoms with Crippen LogP contribution in [0.4, 0.5) is 5.69 Å². The minimum atomic E-state index is -0.154. The molecule has 4 nitrogen and oxygen atoms in total. The van der Waals surface area contributed by atoms with Gasteiger partial charge in [-0.15, -0.1) is 0 Å². The van der Waals surface area contributed by atoms with E-state index in [0.717, 1.165) is 5.69 Å². The van der Waals surface area contributed by atoms with Crippen molar-refractivity contribution < 1.29 is 0 Å². The van der Waals surface area contributed by atoms with Crippen LogP contribution in [0.3, 0.4) is 0 Å². The summed E-state index contributed by atoms with van der Waals surface area (Å²) in [5, 5.41) is 9.61. The smallest absolute Gasteiger partial charge is 0.266 e. The number of aromatic nitrogens is 2. The van der Waals surface area contributed by atoms with Gasteiger partial charge in [-0.25, -0.2) is 5.10 Å². The third kappa shape index (κ3) is 2.43. The first kappa shape index (κ1) is 11.2. The topological polar surface area (TPSA) is 57.8 Å². The molecule has 1 saturated carbocycles. The van der Waals surface area contributed by atoms with Gasteiger partial charge in [0.05, 0.1) is 11.9 Å². The molecule has 16 heavy (non-hydrogen) atoms. The Hall–Kier alpha value is -1.32. The molecule has 1 aliphatic rings. The van der Waals surface area contributed by atoms with Crippen molar-refractivity contribution in [3.63, 3.8) is 0 Å². The van der Waals surface area contributed by atoms with Crippen molar-refractivity contribution in [3.05, 3.63) is 22.6 Å². The number of hydrogen-bond acceptors (Lipinski definition) is 3. The van der Waals surface area contributed by atoms with E-state index in [0.29, 0.717) is 11.5 Å². The van der Waals surface area contributed by atoms with E-state index in [1.165, 1.54) is 25.7 Å². The van der Waals surface area contributed by atoms with E-state index in [4.69, 9.17) is 0 Å². The number of anilines is 1. The first-order valence-corrected chi connectivity index (χ1v) is 5.89. The SMILES string of the molecule is CC1(C)CCCCC1Nc1cn[nH]c(=O)c1. The molecule has 0 saturated heterocycles. The summed E-state index contributed by atoms with van der Waals surface area (Å²) in [5.74, 6) is 0. The van der Waals surface area contributed by atoms with Crippen molar-refractivity contribution >= 4 is 5.69 Å². The second-order valence-corrected chi connectivity index (χ2v) is 5.27. The molecule has 1 aliphatic carbocycles. The van der Waals surface area contributed by atoms with Gasteiger partial charge < -0.3 is 5.32 Å².